The van der Waals surface area contributed by atoms with Crippen molar-refractivity contribution in [3.63, 3.8) is 0 Å². The van der Waals surface area contributed by atoms with Crippen molar-refractivity contribution in [2.75, 3.05) is 23.8 Å². The van der Waals surface area contributed by atoms with Crippen molar-refractivity contribution >= 4 is 44.1 Å². The van der Waals surface area contributed by atoms with Gasteiger partial charge < -0.3 is 10.2 Å². The van der Waals surface area contributed by atoms with Crippen LogP contribution in [0.4, 0.5) is 11.4 Å². The van der Waals surface area contributed by atoms with Gasteiger partial charge in [0.2, 0.25) is 21.8 Å². The van der Waals surface area contributed by atoms with E-state index in [0.717, 1.165) is 45.0 Å². The Bertz CT molecular complexity index is 1450. The standard InChI is InChI=1S/C26H28N4O4S/c1-16-12-23(21-6-4-5-7-22(21)27-16)28-25(31)15-29(3)35(33,34)20-10-11-24-19(14-20)13-17(2)30(24)26(32)18-8-9-18/h4-7,10-12,14,17-18H,8-9,13,15H2,1-3H3,(H,27,28,31)/t17-/m0/s1. The lowest BCUT2D eigenvalue weighted by molar-refractivity contribution is -0.120. The fraction of sp³-hybridized carbons (Fsp3) is 0.346. The van der Waals surface area contributed by atoms with Crippen LogP contribution >= 0.6 is 0 Å². The third kappa shape index (κ3) is 4.41. The summed E-state index contributed by atoms with van der Waals surface area (Å²) in [6.45, 7) is 3.49. The quantitative estimate of drug-likeness (QED) is 0.568. The first-order valence-corrected chi connectivity index (χ1v) is 13.2. The molecule has 5 rings (SSSR count). The van der Waals surface area contributed by atoms with Gasteiger partial charge in [0.25, 0.3) is 0 Å². The number of carbonyl (C=O) groups is 2. The third-order valence-electron chi connectivity index (χ3n) is 6.62. The van der Waals surface area contributed by atoms with E-state index < -0.39 is 15.9 Å². The molecule has 1 saturated carbocycles. The Balaban J connectivity index is 1.33. The SMILES string of the molecule is Cc1cc(NC(=O)CN(C)S(=O)(=O)c2ccc3c(c2)C[C@H](C)N3C(=O)C2CC2)c2ccccc2n1. The molecule has 182 valence electrons. The van der Waals surface area contributed by atoms with E-state index in [2.05, 4.69) is 10.3 Å². The Kier molecular flexibility index (Phi) is 5.85. The second kappa shape index (κ2) is 8.73. The normalized spacial score (nSPS) is 17.6. The lowest BCUT2D eigenvalue weighted by Gasteiger charge is -2.23. The Hall–Kier alpha value is -3.30. The van der Waals surface area contributed by atoms with E-state index in [1.54, 1.807) is 18.2 Å². The molecule has 0 radical (unpaired) electrons. The third-order valence-corrected chi connectivity index (χ3v) is 8.42. The van der Waals surface area contributed by atoms with Gasteiger partial charge in [-0.3, -0.25) is 14.6 Å². The summed E-state index contributed by atoms with van der Waals surface area (Å²) in [6.07, 6.45) is 2.45. The molecule has 2 aliphatic rings. The summed E-state index contributed by atoms with van der Waals surface area (Å²) < 4.78 is 27.6. The Labute approximate surface area is 205 Å². The smallest absolute Gasteiger partial charge is 0.243 e. The van der Waals surface area contributed by atoms with E-state index in [1.165, 1.54) is 13.1 Å². The van der Waals surface area contributed by atoms with Gasteiger partial charge in [-0.25, -0.2) is 8.42 Å². The topological polar surface area (TPSA) is 99.7 Å². The zero-order chi connectivity index (χ0) is 24.9. The first-order chi connectivity index (χ1) is 16.6. The molecule has 8 nitrogen and oxygen atoms in total. The van der Waals surface area contributed by atoms with E-state index in [-0.39, 0.29) is 29.3 Å². The molecular weight excluding hydrogens is 464 g/mol. The highest BCUT2D eigenvalue weighted by molar-refractivity contribution is 7.89. The molecule has 9 heteroatoms. The van der Waals surface area contributed by atoms with Crippen molar-refractivity contribution in [2.24, 2.45) is 5.92 Å². The molecule has 0 unspecified atom stereocenters. The number of nitrogens with zero attached hydrogens (tertiary/aromatic N) is 3. The molecule has 0 spiro atoms. The Morgan fingerprint density at radius 3 is 2.63 bits per heavy atom. The van der Waals surface area contributed by atoms with Crippen molar-refractivity contribution in [2.45, 2.75) is 44.0 Å². The molecule has 1 aromatic heterocycles. The van der Waals surface area contributed by atoms with Crippen LogP contribution in [0, 0.1) is 12.8 Å². The second-order valence-electron chi connectivity index (χ2n) is 9.46. The molecule has 0 bridgehead atoms. The lowest BCUT2D eigenvalue weighted by atomic mass is 10.1. The van der Waals surface area contributed by atoms with Crippen LogP contribution in [0.2, 0.25) is 0 Å². The minimum Gasteiger partial charge on any atom is -0.324 e. The fourth-order valence-electron chi connectivity index (χ4n) is 4.70. The number of carbonyl (C=O) groups excluding carboxylic acids is 2. The molecule has 2 aromatic carbocycles. The van der Waals surface area contributed by atoms with Crippen LogP contribution in [0.5, 0.6) is 0 Å². The van der Waals surface area contributed by atoms with E-state index in [1.807, 2.05) is 43.0 Å². The zero-order valence-electron chi connectivity index (χ0n) is 20.0. The van der Waals surface area contributed by atoms with Gasteiger partial charge in [0.15, 0.2) is 0 Å². The van der Waals surface area contributed by atoms with Crippen molar-refractivity contribution in [3.8, 4) is 0 Å². The van der Waals surface area contributed by atoms with Crippen LogP contribution < -0.4 is 10.2 Å². The van der Waals surface area contributed by atoms with Gasteiger partial charge in [0, 0.05) is 35.8 Å². The highest BCUT2D eigenvalue weighted by Crippen LogP contribution is 2.39. The molecule has 1 atom stereocenters. The average molecular weight is 493 g/mol. The summed E-state index contributed by atoms with van der Waals surface area (Å²) in [6, 6.07) is 14.1. The predicted octanol–water partition coefficient (Wildman–Crippen LogP) is 3.49. The van der Waals surface area contributed by atoms with Gasteiger partial charge in [0.05, 0.1) is 22.6 Å². The summed E-state index contributed by atoms with van der Waals surface area (Å²) >= 11 is 0. The summed E-state index contributed by atoms with van der Waals surface area (Å²) in [4.78, 5) is 31.9. The van der Waals surface area contributed by atoms with E-state index in [0.29, 0.717) is 12.1 Å². The van der Waals surface area contributed by atoms with Gasteiger partial charge in [-0.1, -0.05) is 18.2 Å². The summed E-state index contributed by atoms with van der Waals surface area (Å²) in [5.74, 6) is -0.222. The number of aryl methyl sites for hydroxylation is 1. The van der Waals surface area contributed by atoms with Gasteiger partial charge >= 0.3 is 0 Å². The molecule has 1 aliphatic carbocycles. The van der Waals surface area contributed by atoms with Crippen LogP contribution in [0.25, 0.3) is 10.9 Å². The summed E-state index contributed by atoms with van der Waals surface area (Å²) in [5.41, 5.74) is 3.72. The highest BCUT2D eigenvalue weighted by Gasteiger charge is 2.40. The van der Waals surface area contributed by atoms with Crippen LogP contribution in [0.3, 0.4) is 0 Å². The number of benzene rings is 2. The monoisotopic (exact) mass is 492 g/mol. The number of anilines is 2. The minimum atomic E-state index is -3.90. The van der Waals surface area contributed by atoms with Crippen molar-refractivity contribution in [3.05, 3.63) is 59.8 Å². The largest absolute Gasteiger partial charge is 0.324 e. The average Bonchev–Trinajstić information content (AvgIpc) is 3.60. The molecule has 0 saturated heterocycles. The number of hydrogen-bond donors (Lipinski definition) is 1. The second-order valence-corrected chi connectivity index (χ2v) is 11.5. The molecule has 1 fully saturated rings. The number of amides is 2. The molecule has 2 heterocycles. The number of likely N-dealkylation sites (N-methyl/N-ethyl adjacent to an activating group) is 1. The van der Waals surface area contributed by atoms with Crippen LogP contribution in [-0.2, 0) is 26.0 Å². The fourth-order valence-corrected chi connectivity index (χ4v) is 5.88. The first kappa shape index (κ1) is 23.4. The number of pyridine rings is 1. The number of hydrogen-bond acceptors (Lipinski definition) is 5. The van der Waals surface area contributed by atoms with Crippen LogP contribution in [0.15, 0.2) is 53.4 Å². The lowest BCUT2D eigenvalue weighted by Crippen LogP contribution is -2.36. The van der Waals surface area contributed by atoms with Gasteiger partial charge in [-0.2, -0.15) is 4.31 Å². The minimum absolute atomic E-state index is 0.00166. The number of fused-ring (bicyclic) bond motifs is 2. The molecule has 35 heavy (non-hydrogen) atoms. The van der Waals surface area contributed by atoms with E-state index in [4.69, 9.17) is 0 Å². The maximum atomic E-state index is 13.3. The maximum absolute atomic E-state index is 13.3. The van der Waals surface area contributed by atoms with Gasteiger partial charge in [-0.15, -0.1) is 0 Å². The van der Waals surface area contributed by atoms with E-state index in [9.17, 15) is 18.0 Å². The molecule has 1 N–H and O–H groups in total. The number of aromatic nitrogens is 1. The number of para-hydroxylation sites is 1. The van der Waals surface area contributed by atoms with Crippen LogP contribution in [-0.4, -0.2) is 49.2 Å². The van der Waals surface area contributed by atoms with Crippen molar-refractivity contribution < 1.29 is 18.0 Å². The van der Waals surface area contributed by atoms with Crippen molar-refractivity contribution in [1.29, 1.82) is 0 Å². The van der Waals surface area contributed by atoms with Crippen molar-refractivity contribution in [1.82, 2.24) is 9.29 Å². The first-order valence-electron chi connectivity index (χ1n) is 11.7. The maximum Gasteiger partial charge on any atom is 0.243 e. The number of nitrogens with one attached hydrogen (secondary N) is 1. The molecular formula is C26H28N4O4S. The number of rotatable bonds is 6. The molecule has 3 aromatic rings. The molecule has 2 amide bonds. The van der Waals surface area contributed by atoms with Gasteiger partial charge in [-0.05, 0) is 69.0 Å². The zero-order valence-corrected chi connectivity index (χ0v) is 20.8. The van der Waals surface area contributed by atoms with E-state index >= 15 is 0 Å². The predicted molar refractivity (Wildman–Crippen MR) is 135 cm³/mol. The molecule has 1 aliphatic heterocycles. The van der Waals surface area contributed by atoms with Crippen LogP contribution in [0.1, 0.15) is 31.0 Å². The Morgan fingerprint density at radius 1 is 1.14 bits per heavy atom. The summed E-state index contributed by atoms with van der Waals surface area (Å²) in [7, 11) is -2.51. The highest BCUT2D eigenvalue weighted by atomic mass is 32.2. The Morgan fingerprint density at radius 2 is 1.89 bits per heavy atom. The number of sulfonamides is 1. The summed E-state index contributed by atoms with van der Waals surface area (Å²) in [5, 5.41) is 3.62. The van der Waals surface area contributed by atoms with Gasteiger partial charge in [0.1, 0.15) is 0 Å².